The number of hydrogen-bond donors (Lipinski definition) is 1. The van der Waals surface area contributed by atoms with E-state index in [1.165, 1.54) is 18.9 Å². The Labute approximate surface area is 220 Å². The molecular formula is C28H27N5O4S. The van der Waals surface area contributed by atoms with Crippen LogP contribution < -0.4 is 10.2 Å². The van der Waals surface area contributed by atoms with E-state index in [1.807, 2.05) is 36.4 Å². The van der Waals surface area contributed by atoms with Gasteiger partial charge in [-0.15, -0.1) is 0 Å². The molecule has 1 amide bonds. The summed E-state index contributed by atoms with van der Waals surface area (Å²) < 4.78 is 30.5. The van der Waals surface area contributed by atoms with Crippen LogP contribution in [0.5, 0.6) is 0 Å². The molecule has 0 unspecified atom stereocenters. The molecule has 9 nitrogen and oxygen atoms in total. The number of hydrogen-bond acceptors (Lipinski definition) is 8. The molecule has 1 fully saturated rings. The van der Waals surface area contributed by atoms with Gasteiger partial charge in [0.25, 0.3) is 5.91 Å². The summed E-state index contributed by atoms with van der Waals surface area (Å²) in [6.07, 6.45) is 4.13. The maximum Gasteiger partial charge on any atom is 0.251 e. The zero-order valence-electron chi connectivity index (χ0n) is 20.9. The van der Waals surface area contributed by atoms with Crippen LogP contribution in [0.3, 0.4) is 0 Å². The van der Waals surface area contributed by atoms with Gasteiger partial charge in [0.05, 0.1) is 53.0 Å². The molecule has 4 aromatic rings. The van der Waals surface area contributed by atoms with Crippen LogP contribution in [0.4, 0.5) is 5.82 Å². The predicted molar refractivity (Wildman–Crippen MR) is 144 cm³/mol. The lowest BCUT2D eigenvalue weighted by Gasteiger charge is -2.17. The van der Waals surface area contributed by atoms with Crippen molar-refractivity contribution in [1.82, 2.24) is 20.3 Å². The average molecular weight is 530 g/mol. The minimum Gasteiger partial charge on any atom is -0.376 e. The molecule has 1 aliphatic carbocycles. The summed E-state index contributed by atoms with van der Waals surface area (Å²) in [6, 6.07) is 17.0. The molecule has 3 aromatic heterocycles. The van der Waals surface area contributed by atoms with Crippen molar-refractivity contribution in [2.75, 3.05) is 24.3 Å². The third-order valence-corrected chi connectivity index (χ3v) is 8.69. The number of sulfone groups is 1. The van der Waals surface area contributed by atoms with Gasteiger partial charge < -0.3 is 15.0 Å². The SMILES string of the molecule is CN(c1cccc(-c2ccc3cnc(CNC(=O)c4ccc5c(c4)S(=O)(=O)CCOC5)cc3n2)n1)C1CC1. The smallest absolute Gasteiger partial charge is 0.251 e. The van der Waals surface area contributed by atoms with Gasteiger partial charge in [0, 0.05) is 30.2 Å². The van der Waals surface area contributed by atoms with Crippen LogP contribution >= 0.6 is 0 Å². The van der Waals surface area contributed by atoms with Crippen molar-refractivity contribution >= 4 is 32.5 Å². The predicted octanol–water partition coefficient (Wildman–Crippen LogP) is 3.52. The summed E-state index contributed by atoms with van der Waals surface area (Å²) >= 11 is 0. The van der Waals surface area contributed by atoms with Crippen LogP contribution in [-0.4, -0.2) is 54.7 Å². The molecule has 4 heterocycles. The molecule has 1 N–H and O–H groups in total. The number of anilines is 1. The van der Waals surface area contributed by atoms with Crippen molar-refractivity contribution in [3.8, 4) is 11.4 Å². The molecule has 1 saturated carbocycles. The number of aromatic nitrogens is 3. The Hall–Kier alpha value is -3.89. The van der Waals surface area contributed by atoms with Gasteiger partial charge >= 0.3 is 0 Å². The molecule has 2 aliphatic rings. The second kappa shape index (κ2) is 9.77. The van der Waals surface area contributed by atoms with E-state index in [-0.39, 0.29) is 41.9 Å². The number of rotatable bonds is 6. The van der Waals surface area contributed by atoms with Crippen molar-refractivity contribution in [3.05, 3.63) is 77.6 Å². The second-order valence-corrected chi connectivity index (χ2v) is 11.7. The van der Waals surface area contributed by atoms with Crippen LogP contribution in [0, 0.1) is 0 Å². The van der Waals surface area contributed by atoms with Crippen LogP contribution in [0.2, 0.25) is 0 Å². The standard InChI is InChI=1S/C28H27N5O4S/c1-33(22-8-9-22)27-4-2-3-23(32-27)24-10-7-19-15-29-21(14-25(19)31-24)16-30-28(34)18-5-6-20-17-37-11-12-38(35,36)26(20)13-18/h2-7,10,13-15,22H,8-9,11-12,16-17H2,1H3,(H,30,34). The van der Waals surface area contributed by atoms with Crippen molar-refractivity contribution in [2.24, 2.45) is 0 Å². The second-order valence-electron chi connectivity index (χ2n) is 9.66. The van der Waals surface area contributed by atoms with E-state index in [1.54, 1.807) is 18.3 Å². The van der Waals surface area contributed by atoms with Gasteiger partial charge in [0.2, 0.25) is 0 Å². The first-order valence-electron chi connectivity index (χ1n) is 12.5. The van der Waals surface area contributed by atoms with Gasteiger partial charge in [0.15, 0.2) is 9.84 Å². The summed E-state index contributed by atoms with van der Waals surface area (Å²) in [6.45, 7) is 0.526. The number of fused-ring (bicyclic) bond motifs is 2. The molecule has 38 heavy (non-hydrogen) atoms. The van der Waals surface area contributed by atoms with E-state index < -0.39 is 9.84 Å². The van der Waals surface area contributed by atoms with Gasteiger partial charge in [-0.2, -0.15) is 0 Å². The fourth-order valence-corrected chi connectivity index (χ4v) is 5.94. The van der Waals surface area contributed by atoms with Crippen molar-refractivity contribution < 1.29 is 17.9 Å². The summed E-state index contributed by atoms with van der Waals surface area (Å²) in [5.74, 6) is 0.457. The van der Waals surface area contributed by atoms with Crippen LogP contribution in [0.15, 0.2) is 65.7 Å². The largest absolute Gasteiger partial charge is 0.376 e. The average Bonchev–Trinajstić information content (AvgIpc) is 3.80. The molecule has 0 bridgehead atoms. The molecule has 10 heteroatoms. The number of carbonyl (C=O) groups excluding carboxylic acids is 1. The molecule has 1 aliphatic heterocycles. The number of amides is 1. The van der Waals surface area contributed by atoms with Gasteiger partial charge in [0.1, 0.15) is 5.82 Å². The number of pyridine rings is 3. The minimum absolute atomic E-state index is 0.0991. The third kappa shape index (κ3) is 4.97. The fraction of sp³-hybridized carbons (Fsp3) is 0.286. The molecule has 6 rings (SSSR count). The van der Waals surface area contributed by atoms with Crippen molar-refractivity contribution in [3.63, 3.8) is 0 Å². The van der Waals surface area contributed by atoms with Crippen molar-refractivity contribution in [1.29, 1.82) is 0 Å². The maximum atomic E-state index is 12.8. The van der Waals surface area contributed by atoms with E-state index in [0.29, 0.717) is 17.3 Å². The summed E-state index contributed by atoms with van der Waals surface area (Å²) in [5, 5.41) is 3.72. The molecule has 0 atom stereocenters. The Balaban J connectivity index is 1.20. The molecule has 0 radical (unpaired) electrons. The highest BCUT2D eigenvalue weighted by molar-refractivity contribution is 7.91. The normalized spacial score (nSPS) is 16.4. The fourth-order valence-electron chi connectivity index (χ4n) is 4.55. The zero-order chi connectivity index (χ0) is 26.3. The molecular weight excluding hydrogens is 502 g/mol. The molecule has 0 spiro atoms. The van der Waals surface area contributed by atoms with Crippen LogP contribution in [0.1, 0.15) is 34.5 Å². The summed E-state index contributed by atoms with van der Waals surface area (Å²) in [4.78, 5) is 29.3. The highest BCUT2D eigenvalue weighted by Crippen LogP contribution is 2.30. The lowest BCUT2D eigenvalue weighted by Crippen LogP contribution is -2.23. The first kappa shape index (κ1) is 24.4. The number of ether oxygens (including phenoxy) is 1. The number of benzene rings is 1. The first-order chi connectivity index (χ1) is 18.4. The van der Waals surface area contributed by atoms with E-state index >= 15 is 0 Å². The van der Waals surface area contributed by atoms with E-state index in [9.17, 15) is 13.2 Å². The van der Waals surface area contributed by atoms with E-state index in [4.69, 9.17) is 14.7 Å². The topological polar surface area (TPSA) is 114 Å². The maximum absolute atomic E-state index is 12.8. The van der Waals surface area contributed by atoms with E-state index in [2.05, 4.69) is 22.2 Å². The van der Waals surface area contributed by atoms with Crippen molar-refractivity contribution in [2.45, 2.75) is 36.9 Å². The number of carbonyl (C=O) groups is 1. The number of nitrogens with one attached hydrogen (secondary N) is 1. The highest BCUT2D eigenvalue weighted by Gasteiger charge is 2.27. The minimum atomic E-state index is -3.50. The molecule has 1 aromatic carbocycles. The van der Waals surface area contributed by atoms with Crippen LogP contribution in [0.25, 0.3) is 22.3 Å². The monoisotopic (exact) mass is 529 g/mol. The lowest BCUT2D eigenvalue weighted by atomic mass is 10.1. The Morgan fingerprint density at radius 1 is 1.08 bits per heavy atom. The summed E-state index contributed by atoms with van der Waals surface area (Å²) in [7, 11) is -1.42. The lowest BCUT2D eigenvalue weighted by molar-refractivity contribution is 0.0950. The molecule has 0 saturated heterocycles. The van der Waals surface area contributed by atoms with E-state index in [0.717, 1.165) is 28.1 Å². The zero-order valence-corrected chi connectivity index (χ0v) is 21.7. The van der Waals surface area contributed by atoms with Gasteiger partial charge in [-0.25, -0.2) is 18.4 Å². The highest BCUT2D eigenvalue weighted by atomic mass is 32.2. The quantitative estimate of drug-likeness (QED) is 0.404. The summed E-state index contributed by atoms with van der Waals surface area (Å²) in [5.41, 5.74) is 3.79. The molecule has 194 valence electrons. The van der Waals surface area contributed by atoms with Gasteiger partial charge in [-0.05, 0) is 60.9 Å². The van der Waals surface area contributed by atoms with Crippen LogP contribution in [-0.2, 0) is 27.7 Å². The Bertz CT molecular complexity index is 1650. The Morgan fingerprint density at radius 3 is 2.76 bits per heavy atom. The van der Waals surface area contributed by atoms with Gasteiger partial charge in [-0.3, -0.25) is 9.78 Å². The number of nitrogens with zero attached hydrogens (tertiary/aromatic N) is 4. The van der Waals surface area contributed by atoms with Gasteiger partial charge in [-0.1, -0.05) is 12.1 Å². The first-order valence-corrected chi connectivity index (χ1v) is 14.2. The third-order valence-electron chi connectivity index (χ3n) is 6.93. The Morgan fingerprint density at radius 2 is 1.92 bits per heavy atom. The Kier molecular flexibility index (Phi) is 6.29.